The van der Waals surface area contributed by atoms with Crippen molar-refractivity contribution >= 4 is 67.0 Å². The molecule has 1 N–H and O–H groups in total. The molecule has 13 nitrogen and oxygen atoms in total. The fraction of sp³-hybridized carbons (Fsp3) is 0.489. The van der Waals surface area contributed by atoms with E-state index < -0.39 is 50.1 Å². The van der Waals surface area contributed by atoms with Gasteiger partial charge in [-0.05, 0) is 60.9 Å². The summed E-state index contributed by atoms with van der Waals surface area (Å²) in [6.45, 7) is 13.1. The number of carbonyl (C=O) groups is 3. The molecule has 0 unspecified atom stereocenters. The Hall–Kier alpha value is -4.57. The molecule has 4 heterocycles. The van der Waals surface area contributed by atoms with E-state index in [1.54, 1.807) is 36.4 Å². The van der Waals surface area contributed by atoms with E-state index in [0.29, 0.717) is 48.6 Å². The van der Waals surface area contributed by atoms with E-state index >= 15 is 4.79 Å². The van der Waals surface area contributed by atoms with Crippen molar-refractivity contribution in [3.05, 3.63) is 76.7 Å². The van der Waals surface area contributed by atoms with Crippen LogP contribution in [0.15, 0.2) is 66.7 Å². The predicted octanol–water partition coefficient (Wildman–Crippen LogP) is 6.87. The monoisotopic (exact) mass is 889 g/mol. The first-order valence-corrected chi connectivity index (χ1v) is 23.6. The lowest BCUT2D eigenvalue weighted by molar-refractivity contribution is -0.144. The van der Waals surface area contributed by atoms with Crippen LogP contribution in [0.2, 0.25) is 5.02 Å². The standard InChI is InChI=1S/C45H52ClN5O8S2/c1-6-28-22-45(28,43(54)49-61(55,56)32-12-13-32)23-38(52)37-20-31(59-41-34-19-29(46)9-14-33(34)39(57-5)24-47-41)25-51(37)42(53)35(44(2,3)4)21-40-48-36(26-60-40)27-7-10-30(11-8-27)50-15-17-58-18-16-50/h6-11,14,19,24,26,28,31-32,35,37H,1,12-13,15-18,20-23,25H2,2-5H3,(H,49,54)/t28-,31-,35-,37+,45-/m1/s1. The summed E-state index contributed by atoms with van der Waals surface area (Å²) in [7, 11) is -2.30. The van der Waals surface area contributed by atoms with Gasteiger partial charge in [-0.3, -0.25) is 19.1 Å². The van der Waals surface area contributed by atoms with Crippen LogP contribution < -0.4 is 19.1 Å². The molecule has 16 heteroatoms. The number of nitrogens with zero attached hydrogens (tertiary/aromatic N) is 4. The summed E-state index contributed by atoms with van der Waals surface area (Å²) in [6, 6.07) is 12.7. The molecule has 2 aliphatic carbocycles. The Kier molecular flexibility index (Phi) is 12.0. The normalized spacial score (nSPS) is 23.4. The number of methoxy groups -OCH3 is 1. The minimum absolute atomic E-state index is 0.0797. The number of ketones is 1. The van der Waals surface area contributed by atoms with E-state index in [2.05, 4.69) is 45.5 Å². The highest BCUT2D eigenvalue weighted by atomic mass is 35.5. The van der Waals surface area contributed by atoms with Crippen molar-refractivity contribution in [2.24, 2.45) is 22.7 Å². The predicted molar refractivity (Wildman–Crippen MR) is 236 cm³/mol. The van der Waals surface area contributed by atoms with Gasteiger partial charge in [0.2, 0.25) is 27.7 Å². The molecule has 2 saturated carbocycles. The van der Waals surface area contributed by atoms with Crippen LogP contribution in [-0.2, 0) is 35.6 Å². The number of hydrogen-bond acceptors (Lipinski definition) is 12. The quantitative estimate of drug-likeness (QED) is 0.124. The number of hydrogen-bond donors (Lipinski definition) is 1. The zero-order chi connectivity index (χ0) is 43.3. The zero-order valence-electron chi connectivity index (χ0n) is 34.9. The Morgan fingerprint density at radius 3 is 2.51 bits per heavy atom. The SMILES string of the molecule is C=C[C@@H]1C[C@]1(CC(=O)[C@@H]1C[C@@H](Oc2ncc(OC)c3ccc(Cl)cc23)CN1C(=O)[C@@H](Cc1nc(-c2ccc(N3CCOCC3)cc2)cs1)C(C)(C)C)C(=O)NS(=O)(=O)C1CC1. The molecule has 0 bridgehead atoms. The van der Waals surface area contributed by atoms with E-state index in [1.807, 2.05) is 32.2 Å². The number of sulfonamides is 1. The maximum Gasteiger partial charge on any atom is 0.240 e. The fourth-order valence-corrected chi connectivity index (χ4v) is 11.1. The van der Waals surface area contributed by atoms with Crippen molar-refractivity contribution < 1.29 is 37.0 Å². The zero-order valence-corrected chi connectivity index (χ0v) is 37.3. The molecule has 324 valence electrons. The van der Waals surface area contributed by atoms with Gasteiger partial charge < -0.3 is 24.0 Å². The van der Waals surface area contributed by atoms with E-state index in [4.69, 9.17) is 30.8 Å². The number of fused-ring (bicyclic) bond motifs is 1. The van der Waals surface area contributed by atoms with Crippen LogP contribution in [0, 0.1) is 22.7 Å². The third-order valence-electron chi connectivity index (χ3n) is 12.6. The lowest BCUT2D eigenvalue weighted by Gasteiger charge is -2.35. The first-order valence-electron chi connectivity index (χ1n) is 20.8. The number of benzene rings is 2. The number of amides is 2. The number of nitrogens with one attached hydrogen (secondary N) is 1. The number of likely N-dealkylation sites (tertiary alicyclic amines) is 1. The molecule has 4 fully saturated rings. The number of carbonyl (C=O) groups excluding carboxylic acids is 3. The summed E-state index contributed by atoms with van der Waals surface area (Å²) in [5.41, 5.74) is 1.12. The number of morpholine rings is 1. The Bertz CT molecular complexity index is 2440. The second kappa shape index (κ2) is 16.9. The molecule has 0 spiro atoms. The number of aromatic nitrogens is 2. The summed E-state index contributed by atoms with van der Waals surface area (Å²) in [4.78, 5) is 56.9. The first-order chi connectivity index (χ1) is 29.1. The molecule has 2 amide bonds. The van der Waals surface area contributed by atoms with Gasteiger partial charge in [-0.2, -0.15) is 0 Å². The minimum atomic E-state index is -3.86. The van der Waals surface area contributed by atoms with Crippen molar-refractivity contribution in [2.45, 2.75) is 76.7 Å². The van der Waals surface area contributed by atoms with Gasteiger partial charge in [0.1, 0.15) is 11.9 Å². The van der Waals surface area contributed by atoms with E-state index in [-0.39, 0.29) is 49.3 Å². The number of allylic oxidation sites excluding steroid dienone is 1. The van der Waals surface area contributed by atoms with Crippen LogP contribution in [0.4, 0.5) is 5.69 Å². The fourth-order valence-electron chi connectivity index (χ4n) is 8.66. The minimum Gasteiger partial charge on any atom is -0.494 e. The molecular formula is C45H52ClN5O8S2. The van der Waals surface area contributed by atoms with Crippen molar-refractivity contribution in [2.75, 3.05) is 44.9 Å². The van der Waals surface area contributed by atoms with Crippen LogP contribution in [0.3, 0.4) is 0 Å². The second-order valence-corrected chi connectivity index (χ2v) is 21.1. The highest BCUT2D eigenvalue weighted by molar-refractivity contribution is 7.90. The van der Waals surface area contributed by atoms with Gasteiger partial charge in [0.25, 0.3) is 0 Å². The average Bonchev–Trinajstić information content (AvgIpc) is 4.13. The number of anilines is 1. The third kappa shape index (κ3) is 9.02. The molecule has 2 aromatic carbocycles. The van der Waals surface area contributed by atoms with Crippen molar-refractivity contribution in [3.63, 3.8) is 0 Å². The number of Topliss-reactive ketones (excluding diaryl/α,β-unsaturated/α-hetero) is 1. The Labute approximate surface area is 365 Å². The number of rotatable bonds is 15. The average molecular weight is 891 g/mol. The van der Waals surface area contributed by atoms with Crippen LogP contribution in [-0.4, -0.2) is 98.2 Å². The van der Waals surface area contributed by atoms with Crippen molar-refractivity contribution in [1.29, 1.82) is 0 Å². The number of ether oxygens (including phenoxy) is 3. The maximum atomic E-state index is 15.1. The van der Waals surface area contributed by atoms with Crippen LogP contribution in [0.5, 0.6) is 11.6 Å². The highest BCUT2D eigenvalue weighted by Crippen LogP contribution is 2.57. The van der Waals surface area contributed by atoms with Gasteiger partial charge in [0.15, 0.2) is 5.78 Å². The summed E-state index contributed by atoms with van der Waals surface area (Å²) in [5, 5.41) is 4.01. The molecule has 0 radical (unpaired) electrons. The lowest BCUT2D eigenvalue weighted by Crippen LogP contribution is -2.48. The van der Waals surface area contributed by atoms with Crippen molar-refractivity contribution in [1.82, 2.24) is 19.6 Å². The smallest absolute Gasteiger partial charge is 0.240 e. The topological polar surface area (TPSA) is 157 Å². The van der Waals surface area contributed by atoms with Gasteiger partial charge in [-0.25, -0.2) is 18.4 Å². The summed E-state index contributed by atoms with van der Waals surface area (Å²) in [6.07, 6.45) is 3.99. The lowest BCUT2D eigenvalue weighted by atomic mass is 9.77. The Morgan fingerprint density at radius 2 is 1.85 bits per heavy atom. The van der Waals surface area contributed by atoms with Gasteiger partial charge in [0.05, 0.1) is 60.5 Å². The molecule has 4 aromatic rings. The Morgan fingerprint density at radius 1 is 1.11 bits per heavy atom. The van der Waals surface area contributed by atoms with Crippen LogP contribution >= 0.6 is 22.9 Å². The molecule has 2 aliphatic heterocycles. The number of thiazole rings is 1. The van der Waals surface area contributed by atoms with Gasteiger partial charge in [0, 0.05) is 70.7 Å². The molecule has 61 heavy (non-hydrogen) atoms. The van der Waals surface area contributed by atoms with Crippen LogP contribution in [0.1, 0.15) is 57.9 Å². The largest absolute Gasteiger partial charge is 0.494 e. The first kappa shape index (κ1) is 43.1. The van der Waals surface area contributed by atoms with Gasteiger partial charge >= 0.3 is 0 Å². The van der Waals surface area contributed by atoms with Crippen LogP contribution in [0.25, 0.3) is 22.0 Å². The van der Waals surface area contributed by atoms with E-state index in [9.17, 15) is 18.0 Å². The van der Waals surface area contributed by atoms with Gasteiger partial charge in [-0.1, -0.05) is 50.6 Å². The third-order valence-corrected chi connectivity index (χ3v) is 15.5. The maximum absolute atomic E-state index is 15.1. The molecule has 5 atom stereocenters. The highest BCUT2D eigenvalue weighted by Gasteiger charge is 2.61. The molecule has 2 saturated heterocycles. The van der Waals surface area contributed by atoms with E-state index in [0.717, 1.165) is 40.4 Å². The number of pyridine rings is 1. The van der Waals surface area contributed by atoms with E-state index in [1.165, 1.54) is 11.3 Å². The molecule has 8 rings (SSSR count). The van der Waals surface area contributed by atoms with Gasteiger partial charge in [-0.15, -0.1) is 17.9 Å². The van der Waals surface area contributed by atoms with Crippen molar-refractivity contribution in [3.8, 4) is 22.9 Å². The Balaban J connectivity index is 1.06. The summed E-state index contributed by atoms with van der Waals surface area (Å²) in [5.74, 6) is -1.43. The summed E-state index contributed by atoms with van der Waals surface area (Å²) < 4.78 is 45.6. The molecule has 4 aliphatic rings. The molecule has 2 aromatic heterocycles. The summed E-state index contributed by atoms with van der Waals surface area (Å²) >= 11 is 7.91. The number of halogens is 1. The second-order valence-electron chi connectivity index (χ2n) is 17.7. The molecular weight excluding hydrogens is 838 g/mol.